The van der Waals surface area contributed by atoms with Crippen LogP contribution in [0.4, 0.5) is 5.69 Å². The average Bonchev–Trinajstić information content (AvgIpc) is 3.20. The van der Waals surface area contributed by atoms with Gasteiger partial charge in [0.15, 0.2) is 11.5 Å². The zero-order valence-corrected chi connectivity index (χ0v) is 20.5. The summed E-state index contributed by atoms with van der Waals surface area (Å²) in [4.78, 5) is 53.6. The van der Waals surface area contributed by atoms with Crippen molar-refractivity contribution in [3.63, 3.8) is 0 Å². The van der Waals surface area contributed by atoms with Gasteiger partial charge in [-0.3, -0.25) is 24.1 Å². The Kier molecular flexibility index (Phi) is 7.42. The van der Waals surface area contributed by atoms with Gasteiger partial charge in [0.1, 0.15) is 12.7 Å². The Bertz CT molecular complexity index is 1200. The Morgan fingerprint density at radius 3 is 2.44 bits per heavy atom. The molecule has 0 bridgehead atoms. The number of nitrogens with zero attached hydrogens (tertiary/aromatic N) is 2. The van der Waals surface area contributed by atoms with Crippen molar-refractivity contribution in [1.29, 1.82) is 0 Å². The average molecular weight is 496 g/mol. The molecule has 1 unspecified atom stereocenters. The molecule has 2 aliphatic heterocycles. The van der Waals surface area contributed by atoms with E-state index in [2.05, 4.69) is 10.1 Å². The van der Waals surface area contributed by atoms with Crippen LogP contribution in [0.5, 0.6) is 11.5 Å². The SMILES string of the molecule is COC(=O)CNC(=O)CCCCCN1C(=O)c2ccccc2N2C(=O)c3c(ccc(OC)c3OC)C12. The van der Waals surface area contributed by atoms with Gasteiger partial charge in [-0.05, 0) is 31.0 Å². The van der Waals surface area contributed by atoms with Gasteiger partial charge >= 0.3 is 5.97 Å². The quantitative estimate of drug-likeness (QED) is 0.398. The molecule has 2 aliphatic rings. The molecule has 2 aromatic carbocycles. The monoisotopic (exact) mass is 495 g/mol. The van der Waals surface area contributed by atoms with E-state index in [9.17, 15) is 19.2 Å². The number of esters is 1. The summed E-state index contributed by atoms with van der Waals surface area (Å²) in [6.07, 6.45) is 1.59. The molecular weight excluding hydrogens is 466 g/mol. The van der Waals surface area contributed by atoms with Gasteiger partial charge < -0.3 is 24.4 Å². The van der Waals surface area contributed by atoms with E-state index < -0.39 is 12.1 Å². The lowest BCUT2D eigenvalue weighted by atomic mass is 10.0. The predicted molar refractivity (Wildman–Crippen MR) is 130 cm³/mol. The molecule has 0 fully saturated rings. The number of rotatable bonds is 10. The molecule has 10 heteroatoms. The molecule has 4 rings (SSSR count). The van der Waals surface area contributed by atoms with E-state index in [-0.39, 0.29) is 30.7 Å². The number of hydrogen-bond donors (Lipinski definition) is 1. The number of amides is 3. The molecular formula is C26H29N3O7. The van der Waals surface area contributed by atoms with Crippen molar-refractivity contribution in [2.75, 3.05) is 39.3 Å². The molecule has 1 N–H and O–H groups in total. The predicted octanol–water partition coefficient (Wildman–Crippen LogP) is 2.67. The van der Waals surface area contributed by atoms with E-state index in [0.717, 1.165) is 0 Å². The highest BCUT2D eigenvalue weighted by molar-refractivity contribution is 6.18. The van der Waals surface area contributed by atoms with Gasteiger partial charge in [0, 0.05) is 18.5 Å². The number of carbonyl (C=O) groups excluding carboxylic acids is 4. The summed E-state index contributed by atoms with van der Waals surface area (Å²) in [5, 5.41) is 2.51. The lowest BCUT2D eigenvalue weighted by molar-refractivity contribution is -0.141. The second kappa shape index (κ2) is 10.7. The number of ether oxygens (including phenoxy) is 3. The van der Waals surface area contributed by atoms with E-state index in [1.54, 1.807) is 46.2 Å². The van der Waals surface area contributed by atoms with E-state index in [1.807, 2.05) is 0 Å². The van der Waals surface area contributed by atoms with Gasteiger partial charge in [0.2, 0.25) is 5.91 Å². The van der Waals surface area contributed by atoms with E-state index in [4.69, 9.17) is 9.47 Å². The van der Waals surface area contributed by atoms with Gasteiger partial charge in [-0.25, -0.2) is 0 Å². The van der Waals surface area contributed by atoms with Crippen molar-refractivity contribution in [2.24, 2.45) is 0 Å². The van der Waals surface area contributed by atoms with Crippen LogP contribution in [0.1, 0.15) is 58.1 Å². The molecule has 3 amide bonds. The van der Waals surface area contributed by atoms with Gasteiger partial charge in [-0.15, -0.1) is 0 Å². The number of para-hydroxylation sites is 1. The minimum atomic E-state index is -0.599. The van der Waals surface area contributed by atoms with Crippen molar-refractivity contribution in [3.05, 3.63) is 53.1 Å². The van der Waals surface area contributed by atoms with Gasteiger partial charge in [-0.1, -0.05) is 24.6 Å². The summed E-state index contributed by atoms with van der Waals surface area (Å²) in [7, 11) is 4.26. The number of benzene rings is 2. The zero-order chi connectivity index (χ0) is 25.8. The summed E-state index contributed by atoms with van der Waals surface area (Å²) in [5.74, 6) is -0.349. The molecule has 10 nitrogen and oxygen atoms in total. The van der Waals surface area contributed by atoms with Crippen molar-refractivity contribution >= 4 is 29.4 Å². The lowest BCUT2D eigenvalue weighted by Gasteiger charge is -2.41. The topological polar surface area (TPSA) is 114 Å². The summed E-state index contributed by atoms with van der Waals surface area (Å²) in [5.41, 5.74) is 2.09. The van der Waals surface area contributed by atoms with Crippen LogP contribution in [0.3, 0.4) is 0 Å². The standard InChI is InChI=1S/C26H29N3O7/c1-34-19-13-12-17-22(23(19)36-3)26(33)29-18-10-7-6-9-16(18)25(32)28(24(17)29)14-8-4-5-11-20(30)27-15-21(31)35-2/h6-7,9-10,12-13,24H,4-5,8,11,14-15H2,1-3H3,(H,27,30). The van der Waals surface area contributed by atoms with Crippen molar-refractivity contribution in [2.45, 2.75) is 31.8 Å². The summed E-state index contributed by atoms with van der Waals surface area (Å²) < 4.78 is 15.4. The van der Waals surface area contributed by atoms with Crippen LogP contribution in [0.15, 0.2) is 36.4 Å². The van der Waals surface area contributed by atoms with Crippen LogP contribution in [-0.4, -0.2) is 63.0 Å². The molecule has 0 aliphatic carbocycles. The fraction of sp³-hybridized carbons (Fsp3) is 0.385. The molecule has 0 aromatic heterocycles. The van der Waals surface area contributed by atoms with Crippen LogP contribution in [0, 0.1) is 0 Å². The third-order valence-corrected chi connectivity index (χ3v) is 6.44. The Balaban J connectivity index is 1.52. The summed E-state index contributed by atoms with van der Waals surface area (Å²) in [6, 6.07) is 10.6. The van der Waals surface area contributed by atoms with Crippen molar-refractivity contribution < 1.29 is 33.4 Å². The number of fused-ring (bicyclic) bond motifs is 5. The first-order valence-corrected chi connectivity index (χ1v) is 11.7. The Labute approximate surface area is 209 Å². The fourth-order valence-electron chi connectivity index (χ4n) is 4.73. The third-order valence-electron chi connectivity index (χ3n) is 6.44. The van der Waals surface area contributed by atoms with Crippen LogP contribution in [0.2, 0.25) is 0 Å². The molecule has 190 valence electrons. The summed E-state index contributed by atoms with van der Waals surface area (Å²) >= 11 is 0. The number of unbranched alkanes of at least 4 members (excludes halogenated alkanes) is 2. The highest BCUT2D eigenvalue weighted by Crippen LogP contribution is 2.49. The number of methoxy groups -OCH3 is 3. The zero-order valence-electron chi connectivity index (χ0n) is 20.5. The molecule has 0 saturated carbocycles. The smallest absolute Gasteiger partial charge is 0.325 e. The Morgan fingerprint density at radius 2 is 1.72 bits per heavy atom. The molecule has 36 heavy (non-hydrogen) atoms. The first-order chi connectivity index (χ1) is 17.4. The molecule has 2 aromatic rings. The minimum Gasteiger partial charge on any atom is -0.493 e. The van der Waals surface area contributed by atoms with E-state index in [1.165, 1.54) is 21.3 Å². The highest BCUT2D eigenvalue weighted by Gasteiger charge is 2.49. The normalized spacial score (nSPS) is 15.7. The Morgan fingerprint density at radius 1 is 0.944 bits per heavy atom. The molecule has 0 saturated heterocycles. The maximum atomic E-state index is 13.7. The highest BCUT2D eigenvalue weighted by atomic mass is 16.5. The first kappa shape index (κ1) is 25.0. The first-order valence-electron chi connectivity index (χ1n) is 11.7. The maximum absolute atomic E-state index is 13.7. The van der Waals surface area contributed by atoms with Gasteiger partial charge in [0.25, 0.3) is 11.8 Å². The van der Waals surface area contributed by atoms with Crippen LogP contribution >= 0.6 is 0 Å². The largest absolute Gasteiger partial charge is 0.493 e. The number of hydrogen-bond acceptors (Lipinski definition) is 7. The van der Waals surface area contributed by atoms with Crippen LogP contribution in [0.25, 0.3) is 0 Å². The molecule has 2 heterocycles. The van der Waals surface area contributed by atoms with Crippen molar-refractivity contribution in [3.8, 4) is 11.5 Å². The van der Waals surface area contributed by atoms with Gasteiger partial charge in [0.05, 0.1) is 38.1 Å². The second-order valence-electron chi connectivity index (χ2n) is 8.49. The van der Waals surface area contributed by atoms with Crippen LogP contribution in [-0.2, 0) is 14.3 Å². The molecule has 0 radical (unpaired) electrons. The second-order valence-corrected chi connectivity index (χ2v) is 8.49. The Hall–Kier alpha value is -4.08. The fourth-order valence-corrected chi connectivity index (χ4v) is 4.73. The van der Waals surface area contributed by atoms with Gasteiger partial charge in [-0.2, -0.15) is 0 Å². The lowest BCUT2D eigenvalue weighted by Crippen LogP contribution is -2.48. The third kappa shape index (κ3) is 4.46. The van der Waals surface area contributed by atoms with E-state index >= 15 is 0 Å². The maximum Gasteiger partial charge on any atom is 0.325 e. The van der Waals surface area contributed by atoms with Crippen LogP contribution < -0.4 is 19.7 Å². The van der Waals surface area contributed by atoms with Crippen molar-refractivity contribution in [1.82, 2.24) is 10.2 Å². The summed E-state index contributed by atoms with van der Waals surface area (Å²) in [6.45, 7) is 0.245. The molecule has 0 spiro atoms. The number of carbonyl (C=O) groups is 4. The minimum absolute atomic E-state index is 0.155. The number of anilines is 1. The molecule has 1 atom stereocenters. The van der Waals surface area contributed by atoms with E-state index in [0.29, 0.717) is 59.7 Å². The number of nitrogens with one attached hydrogen (secondary N) is 1.